The van der Waals surface area contributed by atoms with Crippen LogP contribution in [0.25, 0.3) is 5.57 Å². The Morgan fingerprint density at radius 2 is 1.93 bits per heavy atom. The molecule has 1 aliphatic rings. The molecule has 1 aromatic rings. The number of carbonyl (C=O) groups is 2. The minimum absolute atomic E-state index is 0.000766. The number of allylic oxidation sites excluding steroid dienone is 1. The summed E-state index contributed by atoms with van der Waals surface area (Å²) in [6.07, 6.45) is 1.95. The largest absolute Gasteiger partial charge is 0.434 e. The third-order valence-corrected chi connectivity index (χ3v) is 7.37. The fraction of sp³-hybridized carbons (Fsp3) is 0.588. The van der Waals surface area contributed by atoms with E-state index in [1.54, 1.807) is 6.92 Å². The molecule has 10 heteroatoms. The van der Waals surface area contributed by atoms with E-state index in [9.17, 15) is 18.0 Å². The summed E-state index contributed by atoms with van der Waals surface area (Å²) in [6.45, 7) is 6.37. The Kier molecular flexibility index (Phi) is 6.42. The van der Waals surface area contributed by atoms with Gasteiger partial charge in [-0.05, 0) is 33.6 Å². The van der Waals surface area contributed by atoms with Gasteiger partial charge in [0.15, 0.2) is 9.84 Å². The molecule has 0 saturated carbocycles. The van der Waals surface area contributed by atoms with Crippen molar-refractivity contribution < 1.29 is 32.0 Å². The predicted molar refractivity (Wildman–Crippen MR) is 97.4 cm³/mol. The van der Waals surface area contributed by atoms with Gasteiger partial charge in [-0.2, -0.15) is 0 Å². The SMILES string of the molecule is CC(=O)O/C=C(/C)c1cc(NC(=O)C(C)(C)S(=O)(=O)C2CCOCC2)on1. The number of esters is 1. The number of sulfone groups is 1. The van der Waals surface area contributed by atoms with Crippen LogP contribution in [0.5, 0.6) is 0 Å². The van der Waals surface area contributed by atoms with Gasteiger partial charge in [-0.15, -0.1) is 0 Å². The van der Waals surface area contributed by atoms with Crippen molar-refractivity contribution in [2.24, 2.45) is 0 Å². The van der Waals surface area contributed by atoms with Gasteiger partial charge in [0.25, 0.3) is 0 Å². The maximum atomic E-state index is 12.9. The molecule has 150 valence electrons. The summed E-state index contributed by atoms with van der Waals surface area (Å²) in [5, 5.41) is 5.60. The molecule has 9 nitrogen and oxygen atoms in total. The number of hydrogen-bond donors (Lipinski definition) is 1. The second-order valence-corrected chi connectivity index (χ2v) is 9.59. The molecule has 0 aromatic carbocycles. The number of rotatable bonds is 6. The molecule has 0 aliphatic carbocycles. The average Bonchev–Trinajstić information content (AvgIpc) is 3.08. The molecular formula is C17H24N2O7S. The average molecular weight is 400 g/mol. The van der Waals surface area contributed by atoms with E-state index in [0.29, 0.717) is 37.3 Å². The summed E-state index contributed by atoms with van der Waals surface area (Å²) in [6, 6.07) is 1.42. The zero-order chi connectivity index (χ0) is 20.2. The highest BCUT2D eigenvalue weighted by Crippen LogP contribution is 2.29. The van der Waals surface area contributed by atoms with E-state index < -0.39 is 31.7 Å². The first-order valence-electron chi connectivity index (χ1n) is 8.49. The van der Waals surface area contributed by atoms with Crippen molar-refractivity contribution in [2.75, 3.05) is 18.5 Å². The van der Waals surface area contributed by atoms with Gasteiger partial charge in [0.2, 0.25) is 11.8 Å². The van der Waals surface area contributed by atoms with Crippen LogP contribution in [0.3, 0.4) is 0 Å². The Balaban J connectivity index is 2.12. The molecule has 1 N–H and O–H groups in total. The first kappa shape index (κ1) is 21.1. The zero-order valence-electron chi connectivity index (χ0n) is 15.8. The topological polar surface area (TPSA) is 125 Å². The fourth-order valence-electron chi connectivity index (χ4n) is 2.55. The minimum Gasteiger partial charge on any atom is -0.434 e. The van der Waals surface area contributed by atoms with Gasteiger partial charge in [-0.25, -0.2) is 8.42 Å². The first-order valence-corrected chi connectivity index (χ1v) is 10.0. The molecule has 2 rings (SSSR count). The van der Waals surface area contributed by atoms with Crippen LogP contribution in [0, 0.1) is 0 Å². The molecule has 1 aromatic heterocycles. The molecule has 0 unspecified atom stereocenters. The summed E-state index contributed by atoms with van der Waals surface area (Å²) < 4.78 is 39.1. The van der Waals surface area contributed by atoms with Crippen molar-refractivity contribution in [3.63, 3.8) is 0 Å². The normalized spacial score (nSPS) is 16.8. The lowest BCUT2D eigenvalue weighted by Crippen LogP contribution is -2.50. The number of ether oxygens (including phenoxy) is 2. The summed E-state index contributed by atoms with van der Waals surface area (Å²) in [5.41, 5.74) is 0.847. The predicted octanol–water partition coefficient (Wildman–Crippen LogP) is 1.91. The Hall–Kier alpha value is -2.20. The van der Waals surface area contributed by atoms with Crippen LogP contribution < -0.4 is 5.32 Å². The summed E-state index contributed by atoms with van der Waals surface area (Å²) >= 11 is 0. The smallest absolute Gasteiger partial charge is 0.307 e. The molecule has 1 fully saturated rings. The van der Waals surface area contributed by atoms with Gasteiger partial charge < -0.3 is 14.0 Å². The number of amides is 1. The molecule has 0 spiro atoms. The molecule has 0 bridgehead atoms. The number of nitrogens with zero attached hydrogens (tertiary/aromatic N) is 1. The second-order valence-electron chi connectivity index (χ2n) is 6.81. The quantitative estimate of drug-likeness (QED) is 0.567. The van der Waals surface area contributed by atoms with Crippen LogP contribution in [-0.2, 0) is 28.9 Å². The van der Waals surface area contributed by atoms with Gasteiger partial charge in [-0.1, -0.05) is 5.16 Å². The third kappa shape index (κ3) is 4.75. The monoisotopic (exact) mass is 400 g/mol. The van der Waals surface area contributed by atoms with E-state index in [2.05, 4.69) is 10.5 Å². The van der Waals surface area contributed by atoms with Crippen molar-refractivity contribution >= 4 is 33.2 Å². The summed E-state index contributed by atoms with van der Waals surface area (Å²) in [4.78, 5) is 23.5. The Bertz CT molecular complexity index is 833. The molecule has 0 radical (unpaired) electrons. The molecule has 0 atom stereocenters. The van der Waals surface area contributed by atoms with E-state index in [4.69, 9.17) is 14.0 Å². The van der Waals surface area contributed by atoms with E-state index in [-0.39, 0.29) is 5.88 Å². The van der Waals surface area contributed by atoms with Crippen LogP contribution in [0.2, 0.25) is 0 Å². The Morgan fingerprint density at radius 3 is 2.52 bits per heavy atom. The van der Waals surface area contributed by atoms with Crippen LogP contribution in [0.15, 0.2) is 16.9 Å². The number of hydrogen-bond acceptors (Lipinski definition) is 8. The van der Waals surface area contributed by atoms with Gasteiger partial charge in [0.05, 0.1) is 11.5 Å². The van der Waals surface area contributed by atoms with Crippen molar-refractivity contribution in [3.05, 3.63) is 18.0 Å². The molecular weight excluding hydrogens is 376 g/mol. The highest BCUT2D eigenvalue weighted by molar-refractivity contribution is 7.94. The van der Waals surface area contributed by atoms with Crippen molar-refractivity contribution in [2.45, 2.75) is 50.5 Å². The maximum Gasteiger partial charge on any atom is 0.307 e. The van der Waals surface area contributed by atoms with Crippen LogP contribution >= 0.6 is 0 Å². The first-order chi connectivity index (χ1) is 12.6. The maximum absolute atomic E-state index is 12.9. The van der Waals surface area contributed by atoms with Crippen molar-refractivity contribution in [1.29, 1.82) is 0 Å². The zero-order valence-corrected chi connectivity index (χ0v) is 16.6. The van der Waals surface area contributed by atoms with Gasteiger partial charge in [0.1, 0.15) is 10.4 Å². The second kappa shape index (κ2) is 8.22. The Morgan fingerprint density at radius 1 is 1.30 bits per heavy atom. The van der Waals surface area contributed by atoms with E-state index in [1.807, 2.05) is 0 Å². The number of aromatic nitrogens is 1. The van der Waals surface area contributed by atoms with E-state index in [0.717, 1.165) is 0 Å². The molecule has 27 heavy (non-hydrogen) atoms. The highest BCUT2D eigenvalue weighted by Gasteiger charge is 2.46. The van der Waals surface area contributed by atoms with Crippen molar-refractivity contribution in [1.82, 2.24) is 5.16 Å². The summed E-state index contributed by atoms with van der Waals surface area (Å²) in [7, 11) is -3.73. The van der Waals surface area contributed by atoms with Gasteiger partial charge in [0, 0.05) is 31.8 Å². The number of anilines is 1. The lowest BCUT2D eigenvalue weighted by molar-refractivity contribution is -0.135. The number of nitrogens with one attached hydrogen (secondary N) is 1. The lowest BCUT2D eigenvalue weighted by Gasteiger charge is -2.30. The highest BCUT2D eigenvalue weighted by atomic mass is 32.2. The summed E-state index contributed by atoms with van der Waals surface area (Å²) in [5.74, 6) is -1.19. The molecule has 1 amide bonds. The van der Waals surface area contributed by atoms with Crippen LogP contribution in [-0.4, -0.2) is 48.7 Å². The molecule has 1 aliphatic heterocycles. The lowest BCUT2D eigenvalue weighted by atomic mass is 10.2. The van der Waals surface area contributed by atoms with Gasteiger partial charge >= 0.3 is 5.97 Å². The minimum atomic E-state index is -3.73. The van der Waals surface area contributed by atoms with Crippen LogP contribution in [0.4, 0.5) is 5.88 Å². The fourth-order valence-corrected chi connectivity index (χ4v) is 4.50. The molecule has 1 saturated heterocycles. The molecule has 2 heterocycles. The standard InChI is InChI=1S/C17H24N2O7S/c1-11(10-25-12(2)20)14-9-15(26-19-14)18-16(21)17(3,4)27(22,23)13-5-7-24-8-6-13/h9-10,13H,5-8H2,1-4H3,(H,18,21)/b11-10-. The Labute approximate surface area is 158 Å². The van der Waals surface area contributed by atoms with Crippen molar-refractivity contribution in [3.8, 4) is 0 Å². The van der Waals surface area contributed by atoms with E-state index in [1.165, 1.54) is 33.1 Å². The van der Waals surface area contributed by atoms with Gasteiger partial charge in [-0.3, -0.25) is 14.9 Å². The van der Waals surface area contributed by atoms with E-state index >= 15 is 0 Å². The third-order valence-electron chi connectivity index (χ3n) is 4.42. The number of carbonyl (C=O) groups excluding carboxylic acids is 2. The van der Waals surface area contributed by atoms with Crippen LogP contribution in [0.1, 0.15) is 46.2 Å².